The number of hydrogen-bond acceptors (Lipinski definition) is 1. The van der Waals surface area contributed by atoms with Crippen molar-refractivity contribution >= 4 is 29.3 Å². The number of carbonyl (C=O) groups is 1. The maximum Gasteiger partial charge on any atom is 0.407 e. The van der Waals surface area contributed by atoms with Crippen LogP contribution in [-0.4, -0.2) is 29.2 Å². The molecular formula is C12H13Cl2NO2. The van der Waals surface area contributed by atoms with E-state index in [1.165, 1.54) is 4.90 Å². The Hall–Kier alpha value is -0.930. The Bertz CT molecular complexity index is 448. The van der Waals surface area contributed by atoms with Crippen LogP contribution in [0, 0.1) is 0 Å². The van der Waals surface area contributed by atoms with Crippen molar-refractivity contribution < 1.29 is 9.90 Å². The van der Waals surface area contributed by atoms with Gasteiger partial charge in [-0.15, -0.1) is 11.6 Å². The van der Waals surface area contributed by atoms with Crippen LogP contribution in [0.5, 0.6) is 0 Å². The Kier molecular flexibility index (Phi) is 3.79. The molecule has 1 heterocycles. The second kappa shape index (κ2) is 5.15. The number of carboxylic acid groups (broad SMARTS) is 1. The van der Waals surface area contributed by atoms with E-state index in [4.69, 9.17) is 28.3 Å². The lowest BCUT2D eigenvalue weighted by atomic mass is 9.98. The summed E-state index contributed by atoms with van der Waals surface area (Å²) in [7, 11) is 0. The van der Waals surface area contributed by atoms with Gasteiger partial charge in [0.15, 0.2) is 0 Å². The van der Waals surface area contributed by atoms with E-state index in [1.807, 2.05) is 12.1 Å². The van der Waals surface area contributed by atoms with Gasteiger partial charge in [0.1, 0.15) is 0 Å². The van der Waals surface area contributed by atoms with Gasteiger partial charge in [0.2, 0.25) is 0 Å². The molecule has 0 saturated heterocycles. The van der Waals surface area contributed by atoms with Crippen LogP contribution in [0.15, 0.2) is 12.1 Å². The second-order valence-corrected chi connectivity index (χ2v) is 4.74. The van der Waals surface area contributed by atoms with Gasteiger partial charge in [-0.25, -0.2) is 4.79 Å². The summed E-state index contributed by atoms with van der Waals surface area (Å²) in [5.41, 5.74) is 3.23. The van der Waals surface area contributed by atoms with Gasteiger partial charge in [0, 0.05) is 24.0 Å². The fraction of sp³-hybridized carbons (Fsp3) is 0.417. The van der Waals surface area contributed by atoms with E-state index in [0.717, 1.165) is 23.1 Å². The quantitative estimate of drug-likeness (QED) is 0.799. The van der Waals surface area contributed by atoms with Crippen LogP contribution < -0.4 is 0 Å². The summed E-state index contributed by atoms with van der Waals surface area (Å²) in [4.78, 5) is 12.4. The van der Waals surface area contributed by atoms with Gasteiger partial charge in [0.25, 0.3) is 0 Å². The number of nitrogens with zero attached hydrogens (tertiary/aromatic N) is 1. The van der Waals surface area contributed by atoms with Gasteiger partial charge in [-0.05, 0) is 35.6 Å². The lowest BCUT2D eigenvalue weighted by Gasteiger charge is -2.15. The molecule has 0 radical (unpaired) electrons. The summed E-state index contributed by atoms with van der Waals surface area (Å²) in [5.74, 6) is 0.370. The van der Waals surface area contributed by atoms with Crippen LogP contribution in [-0.2, 0) is 18.7 Å². The normalized spacial score (nSPS) is 15.3. The summed E-state index contributed by atoms with van der Waals surface area (Å²) in [6, 6.07) is 3.81. The first kappa shape index (κ1) is 12.5. The first-order valence-corrected chi connectivity index (χ1v) is 6.37. The maximum absolute atomic E-state index is 11.0. The topological polar surface area (TPSA) is 40.5 Å². The zero-order chi connectivity index (χ0) is 12.4. The highest BCUT2D eigenvalue weighted by Gasteiger charge is 2.20. The lowest BCUT2D eigenvalue weighted by Crippen LogP contribution is -2.31. The molecule has 92 valence electrons. The summed E-state index contributed by atoms with van der Waals surface area (Å²) in [6.07, 6.45) is 0.545. The summed E-state index contributed by atoms with van der Waals surface area (Å²) in [6.45, 7) is 1.04. The molecule has 2 rings (SSSR count). The SMILES string of the molecule is O=C(O)N1CCc2ccc(Cl)c(CCl)c2CC1. The smallest absolute Gasteiger partial charge is 0.407 e. The van der Waals surface area contributed by atoms with Gasteiger partial charge in [-0.3, -0.25) is 0 Å². The maximum atomic E-state index is 11.0. The average molecular weight is 274 g/mol. The van der Waals surface area contributed by atoms with Crippen LogP contribution in [0.25, 0.3) is 0 Å². The van der Waals surface area contributed by atoms with Gasteiger partial charge in [-0.2, -0.15) is 0 Å². The van der Waals surface area contributed by atoms with Crippen molar-refractivity contribution in [1.29, 1.82) is 0 Å². The molecule has 17 heavy (non-hydrogen) atoms. The van der Waals surface area contributed by atoms with Crippen LogP contribution in [0.1, 0.15) is 16.7 Å². The van der Waals surface area contributed by atoms with Crippen molar-refractivity contribution in [3.63, 3.8) is 0 Å². The van der Waals surface area contributed by atoms with Gasteiger partial charge >= 0.3 is 6.09 Å². The molecule has 1 aromatic rings. The summed E-state index contributed by atoms with van der Waals surface area (Å²) in [5, 5.41) is 9.67. The van der Waals surface area contributed by atoms with E-state index < -0.39 is 6.09 Å². The zero-order valence-electron chi connectivity index (χ0n) is 9.25. The molecule has 0 atom stereocenters. The Morgan fingerprint density at radius 1 is 1.35 bits per heavy atom. The molecule has 1 N–H and O–H groups in total. The average Bonchev–Trinajstić information content (AvgIpc) is 2.51. The van der Waals surface area contributed by atoms with Gasteiger partial charge in [-0.1, -0.05) is 17.7 Å². The molecule has 3 nitrogen and oxygen atoms in total. The molecule has 5 heteroatoms. The van der Waals surface area contributed by atoms with E-state index >= 15 is 0 Å². The molecule has 1 aliphatic rings. The van der Waals surface area contributed by atoms with Crippen molar-refractivity contribution in [2.45, 2.75) is 18.7 Å². The minimum Gasteiger partial charge on any atom is -0.465 e. The highest BCUT2D eigenvalue weighted by Crippen LogP contribution is 2.28. The van der Waals surface area contributed by atoms with Crippen LogP contribution in [0.2, 0.25) is 5.02 Å². The van der Waals surface area contributed by atoms with Crippen LogP contribution in [0.4, 0.5) is 4.79 Å². The monoisotopic (exact) mass is 273 g/mol. The molecule has 1 aromatic carbocycles. The summed E-state index contributed by atoms with van der Waals surface area (Å²) < 4.78 is 0. The number of alkyl halides is 1. The molecule has 0 aromatic heterocycles. The molecule has 1 aliphatic heterocycles. The van der Waals surface area contributed by atoms with E-state index in [2.05, 4.69) is 0 Å². The Labute approximate surface area is 110 Å². The minimum atomic E-state index is -0.865. The van der Waals surface area contributed by atoms with Gasteiger partial charge < -0.3 is 10.0 Å². The van der Waals surface area contributed by atoms with Gasteiger partial charge in [0.05, 0.1) is 0 Å². The number of fused-ring (bicyclic) bond motifs is 1. The second-order valence-electron chi connectivity index (χ2n) is 4.07. The van der Waals surface area contributed by atoms with E-state index in [0.29, 0.717) is 30.4 Å². The molecule has 0 aliphatic carbocycles. The molecule has 0 bridgehead atoms. The fourth-order valence-corrected chi connectivity index (χ4v) is 2.83. The third-order valence-electron chi connectivity index (χ3n) is 3.16. The van der Waals surface area contributed by atoms with E-state index in [-0.39, 0.29) is 0 Å². The highest BCUT2D eigenvalue weighted by atomic mass is 35.5. The Balaban J connectivity index is 2.34. The highest BCUT2D eigenvalue weighted by molar-refractivity contribution is 6.32. The standard InChI is InChI=1S/C12H13Cl2NO2/c13-7-10-9-4-6-15(12(16)17)5-3-8(9)1-2-11(10)14/h1-2H,3-7H2,(H,16,17). The molecule has 0 unspecified atom stereocenters. The third-order valence-corrected chi connectivity index (χ3v) is 3.78. The van der Waals surface area contributed by atoms with Crippen molar-refractivity contribution in [3.8, 4) is 0 Å². The van der Waals surface area contributed by atoms with Crippen molar-refractivity contribution in [2.24, 2.45) is 0 Å². The fourth-order valence-electron chi connectivity index (χ4n) is 2.21. The predicted octanol–water partition coefficient (Wildman–Crippen LogP) is 3.16. The van der Waals surface area contributed by atoms with E-state index in [9.17, 15) is 4.79 Å². The Morgan fingerprint density at radius 3 is 2.71 bits per heavy atom. The number of halogens is 2. The Morgan fingerprint density at radius 2 is 2.06 bits per heavy atom. The van der Waals surface area contributed by atoms with Crippen LogP contribution in [0.3, 0.4) is 0 Å². The number of hydrogen-bond donors (Lipinski definition) is 1. The van der Waals surface area contributed by atoms with Crippen molar-refractivity contribution in [2.75, 3.05) is 13.1 Å². The molecule has 0 fully saturated rings. The molecule has 1 amide bonds. The molecular weight excluding hydrogens is 261 g/mol. The van der Waals surface area contributed by atoms with E-state index in [1.54, 1.807) is 0 Å². The number of rotatable bonds is 1. The summed E-state index contributed by atoms with van der Waals surface area (Å²) >= 11 is 12.0. The van der Waals surface area contributed by atoms with Crippen molar-refractivity contribution in [3.05, 3.63) is 33.8 Å². The van der Waals surface area contributed by atoms with Crippen molar-refractivity contribution in [1.82, 2.24) is 4.90 Å². The number of benzene rings is 1. The minimum absolute atomic E-state index is 0.370. The first-order valence-electron chi connectivity index (χ1n) is 5.46. The zero-order valence-corrected chi connectivity index (χ0v) is 10.8. The predicted molar refractivity (Wildman–Crippen MR) is 68.0 cm³/mol. The first-order chi connectivity index (χ1) is 8.13. The number of amides is 1. The molecule has 0 saturated carbocycles. The third kappa shape index (κ3) is 2.50. The largest absolute Gasteiger partial charge is 0.465 e. The molecule has 0 spiro atoms. The lowest BCUT2D eigenvalue weighted by molar-refractivity contribution is 0.147. The van der Waals surface area contributed by atoms with Crippen LogP contribution >= 0.6 is 23.2 Å².